The zero-order valence-electron chi connectivity index (χ0n) is 12.2. The number of fused-ring (bicyclic) bond motifs is 1. The van der Waals surface area contributed by atoms with Gasteiger partial charge < -0.3 is 9.17 Å². The summed E-state index contributed by atoms with van der Waals surface area (Å²) in [6, 6.07) is 1.17. The van der Waals surface area contributed by atoms with Crippen molar-refractivity contribution in [3.63, 3.8) is 0 Å². The maximum Gasteiger partial charge on any atom is 0.446 e. The van der Waals surface area contributed by atoms with E-state index in [2.05, 4.69) is 4.18 Å². The topological polar surface area (TPSA) is 114 Å². The molecule has 7 nitrogen and oxygen atoms in total. The van der Waals surface area contributed by atoms with Gasteiger partial charge in [-0.2, -0.15) is 21.6 Å². The molecule has 0 amide bonds. The minimum absolute atomic E-state index is 0.203. The molecule has 0 spiro atoms. The summed E-state index contributed by atoms with van der Waals surface area (Å²) in [5.74, 6) is -1.39. The minimum atomic E-state index is -5.04. The van der Waals surface area contributed by atoms with Crippen molar-refractivity contribution in [2.45, 2.75) is 20.0 Å². The second-order valence-electron chi connectivity index (χ2n) is 4.88. The van der Waals surface area contributed by atoms with Crippen LogP contribution in [0.15, 0.2) is 16.9 Å². The third-order valence-electron chi connectivity index (χ3n) is 3.24. The molecule has 2 N–H and O–H groups in total. The summed E-state index contributed by atoms with van der Waals surface area (Å²) in [7, 11) is -5.04. The van der Waals surface area contributed by atoms with E-state index in [0.29, 0.717) is 12.1 Å². The summed E-state index contributed by atoms with van der Waals surface area (Å²) < 4.78 is 74.2. The van der Waals surface area contributed by atoms with Gasteiger partial charge in [0.05, 0.1) is 16.6 Å². The van der Waals surface area contributed by atoms with Crippen LogP contribution in [0.5, 0.6) is 5.75 Å². The number of hydrogen-bond acceptors (Lipinski definition) is 5. The molecule has 2 aromatic rings. The fourth-order valence-electron chi connectivity index (χ4n) is 2.40. The number of nitrogens with one attached hydrogen (secondary N) is 1. The lowest BCUT2D eigenvalue weighted by Gasteiger charge is -2.15. The van der Waals surface area contributed by atoms with Gasteiger partial charge in [-0.25, -0.2) is 0 Å². The number of hydrogen-bond donors (Lipinski definition) is 2. The highest BCUT2D eigenvalue weighted by Gasteiger charge is 2.35. The Kier molecular flexibility index (Phi) is 4.19. The van der Waals surface area contributed by atoms with E-state index in [1.807, 2.05) is 4.98 Å². The second-order valence-corrected chi connectivity index (χ2v) is 5.90. The molecule has 11 heteroatoms. The van der Waals surface area contributed by atoms with Crippen molar-refractivity contribution in [1.82, 2.24) is 4.98 Å². The van der Waals surface area contributed by atoms with Crippen LogP contribution in [0.1, 0.15) is 28.4 Å². The van der Waals surface area contributed by atoms with E-state index in [9.17, 15) is 31.2 Å². The van der Waals surface area contributed by atoms with Crippen molar-refractivity contribution in [2.75, 3.05) is 0 Å². The number of halogens is 3. The van der Waals surface area contributed by atoms with Gasteiger partial charge >= 0.3 is 16.6 Å². The van der Waals surface area contributed by atoms with Crippen molar-refractivity contribution in [3.8, 4) is 5.75 Å². The van der Waals surface area contributed by atoms with Crippen molar-refractivity contribution in [3.05, 3.63) is 39.2 Å². The first kappa shape index (κ1) is 17.9. The Hall–Kier alpha value is -2.40. The van der Waals surface area contributed by atoms with Gasteiger partial charge in [0.15, 0.2) is 11.5 Å². The molecule has 0 saturated heterocycles. The predicted molar refractivity (Wildman–Crippen MR) is 76.5 cm³/mol. The molecule has 2 rings (SSSR count). The second kappa shape index (κ2) is 5.60. The van der Waals surface area contributed by atoms with Crippen LogP contribution in [-0.2, 0) is 16.6 Å². The first-order valence-electron chi connectivity index (χ1n) is 6.27. The number of carbonyl (C=O) groups excluding carboxylic acids is 1. The molecule has 0 radical (unpaired) electrons. The molecule has 1 aromatic heterocycles. The van der Waals surface area contributed by atoms with Gasteiger partial charge in [-0.15, -0.1) is 0 Å². The van der Waals surface area contributed by atoms with Crippen molar-refractivity contribution in [1.29, 1.82) is 0 Å². The smallest absolute Gasteiger partial charge is 0.361 e. The highest BCUT2D eigenvalue weighted by atomic mass is 32.3. The van der Waals surface area contributed by atoms with E-state index in [4.69, 9.17) is 4.55 Å². The largest absolute Gasteiger partial charge is 0.446 e. The number of aryl methyl sites for hydroxylation is 1. The Labute approximate surface area is 133 Å². The number of Topliss-reactive ketones (excluding diaryl/α,β-unsaturated/α-hetero) is 1. The third-order valence-corrected chi connectivity index (χ3v) is 3.63. The Morgan fingerprint density at radius 1 is 1.29 bits per heavy atom. The molecule has 0 aliphatic rings. The summed E-state index contributed by atoms with van der Waals surface area (Å²) in [4.78, 5) is 25.4. The van der Waals surface area contributed by atoms with Gasteiger partial charge in [-0.05, 0) is 31.5 Å². The summed E-state index contributed by atoms with van der Waals surface area (Å²) in [5.41, 5.74) is -3.71. The summed E-state index contributed by atoms with van der Waals surface area (Å²) >= 11 is 0. The van der Waals surface area contributed by atoms with Gasteiger partial charge in [-0.3, -0.25) is 14.1 Å². The van der Waals surface area contributed by atoms with Gasteiger partial charge in [0.2, 0.25) is 0 Å². The molecule has 0 bridgehead atoms. The molecule has 0 aliphatic heterocycles. The first-order chi connectivity index (χ1) is 10.8. The fraction of sp³-hybridized carbons (Fsp3) is 0.231. The number of aromatic nitrogens is 1. The van der Waals surface area contributed by atoms with E-state index in [1.165, 1.54) is 6.92 Å². The standard InChI is InChI=1S/C13H10F3NO6S/c1-5-9(6(2)18)12(19)17-11-7(13(14,15)16)3-4-8(10(5)11)23-24(20,21)22/h3-4H,1-2H3,(H,17,19)(H,20,21,22). The fourth-order valence-corrected chi connectivity index (χ4v) is 2.77. The molecule has 1 heterocycles. The van der Waals surface area contributed by atoms with Crippen LogP contribution in [0.2, 0.25) is 0 Å². The van der Waals surface area contributed by atoms with Crippen LogP contribution in [0, 0.1) is 6.92 Å². The third kappa shape index (κ3) is 3.26. The lowest BCUT2D eigenvalue weighted by atomic mass is 9.99. The lowest BCUT2D eigenvalue weighted by Crippen LogP contribution is -2.21. The maximum atomic E-state index is 13.1. The lowest BCUT2D eigenvalue weighted by molar-refractivity contribution is -0.136. The number of alkyl halides is 3. The van der Waals surface area contributed by atoms with Gasteiger partial charge in [0.1, 0.15) is 0 Å². The van der Waals surface area contributed by atoms with Gasteiger partial charge in [-0.1, -0.05) is 0 Å². The van der Waals surface area contributed by atoms with E-state index >= 15 is 0 Å². The number of benzene rings is 1. The quantitative estimate of drug-likeness (QED) is 0.637. The summed E-state index contributed by atoms with van der Waals surface area (Å²) in [6.45, 7) is 2.20. The van der Waals surface area contributed by atoms with Crippen molar-refractivity contribution >= 4 is 27.1 Å². The van der Waals surface area contributed by atoms with Crippen molar-refractivity contribution in [2.24, 2.45) is 0 Å². The number of rotatable bonds is 3. The van der Waals surface area contributed by atoms with Crippen LogP contribution >= 0.6 is 0 Å². The van der Waals surface area contributed by atoms with Crippen LogP contribution in [-0.4, -0.2) is 23.7 Å². The first-order valence-corrected chi connectivity index (χ1v) is 7.64. The highest BCUT2D eigenvalue weighted by molar-refractivity contribution is 7.81. The Bertz CT molecular complexity index is 1010. The zero-order valence-corrected chi connectivity index (χ0v) is 13.0. The molecule has 24 heavy (non-hydrogen) atoms. The maximum absolute atomic E-state index is 13.1. The summed E-state index contributed by atoms with van der Waals surface area (Å²) in [5, 5.41) is -0.452. The number of aromatic amines is 1. The molecule has 0 fully saturated rings. The van der Waals surface area contributed by atoms with E-state index in [1.54, 1.807) is 0 Å². The Morgan fingerprint density at radius 2 is 1.88 bits per heavy atom. The number of H-pyrrole nitrogens is 1. The zero-order chi connectivity index (χ0) is 18.4. The Balaban J connectivity index is 3.05. The number of ketones is 1. The van der Waals surface area contributed by atoms with E-state index in [-0.39, 0.29) is 5.56 Å². The predicted octanol–water partition coefficient (Wildman–Crippen LogP) is 2.24. The molecule has 0 aliphatic carbocycles. The Morgan fingerprint density at radius 3 is 2.33 bits per heavy atom. The normalized spacial score (nSPS) is 12.4. The molecule has 0 unspecified atom stereocenters. The SMILES string of the molecule is CC(=O)c1c(C)c2c(OS(=O)(=O)O)ccc(C(F)(F)F)c2[nH]c1=O. The monoisotopic (exact) mass is 365 g/mol. The molecular weight excluding hydrogens is 355 g/mol. The van der Waals surface area contributed by atoms with Crippen LogP contribution in [0.25, 0.3) is 10.9 Å². The number of carbonyl (C=O) groups is 1. The van der Waals surface area contributed by atoms with Gasteiger partial charge in [0.25, 0.3) is 5.56 Å². The minimum Gasteiger partial charge on any atom is -0.361 e. The highest BCUT2D eigenvalue weighted by Crippen LogP contribution is 2.39. The molecule has 1 aromatic carbocycles. The van der Waals surface area contributed by atoms with Gasteiger partial charge in [0, 0.05) is 5.39 Å². The van der Waals surface area contributed by atoms with E-state index < -0.39 is 55.7 Å². The van der Waals surface area contributed by atoms with Crippen LogP contribution in [0.4, 0.5) is 13.2 Å². The van der Waals surface area contributed by atoms with Crippen LogP contribution in [0.3, 0.4) is 0 Å². The van der Waals surface area contributed by atoms with Crippen molar-refractivity contribution < 1.29 is 35.1 Å². The average Bonchev–Trinajstić information content (AvgIpc) is 2.33. The molecule has 0 atom stereocenters. The van der Waals surface area contributed by atoms with Crippen LogP contribution < -0.4 is 9.74 Å². The average molecular weight is 365 g/mol. The molecule has 0 saturated carbocycles. The van der Waals surface area contributed by atoms with E-state index in [0.717, 1.165) is 6.92 Å². The summed E-state index contributed by atoms with van der Waals surface area (Å²) in [6.07, 6.45) is -4.86. The number of pyridine rings is 1. The molecule has 130 valence electrons. The molecular formula is C13H10F3NO6S.